The summed E-state index contributed by atoms with van der Waals surface area (Å²) in [4.78, 5) is 0. The van der Waals surface area contributed by atoms with Crippen LogP contribution in [0.15, 0.2) is 22.7 Å². The second-order valence-electron chi connectivity index (χ2n) is 3.06. The maximum Gasteiger partial charge on any atom is 0.140 e. The van der Waals surface area contributed by atoms with Crippen LogP contribution in [-0.4, -0.2) is 13.7 Å². The van der Waals surface area contributed by atoms with Gasteiger partial charge in [-0.15, -0.1) is 0 Å². The number of hydrogen-bond acceptors (Lipinski definition) is 2. The Hall–Kier alpha value is -0.570. The van der Waals surface area contributed by atoms with Crippen LogP contribution in [0.2, 0.25) is 5.02 Å². The summed E-state index contributed by atoms with van der Waals surface area (Å²) in [6, 6.07) is 3.52. The smallest absolute Gasteiger partial charge is 0.140 e. The van der Waals surface area contributed by atoms with Gasteiger partial charge >= 0.3 is 0 Å². The van der Waals surface area contributed by atoms with Crippen molar-refractivity contribution in [2.24, 2.45) is 0 Å². The minimum absolute atomic E-state index is 0.177. The molecule has 0 aliphatic heterocycles. The molecule has 0 atom stereocenters. The molecule has 0 amide bonds. The molecule has 0 unspecified atom stereocenters. The van der Waals surface area contributed by atoms with Crippen LogP contribution >= 0.6 is 34.8 Å². The number of benzene rings is 1. The Morgan fingerprint density at radius 1 is 1.38 bits per heavy atom. The van der Waals surface area contributed by atoms with Crippen molar-refractivity contribution in [3.63, 3.8) is 0 Å². The number of rotatable bonds is 4. The van der Waals surface area contributed by atoms with Crippen molar-refractivity contribution in [1.82, 2.24) is 0 Å². The normalized spacial score (nSPS) is 9.81. The van der Waals surface area contributed by atoms with Crippen LogP contribution in [0.3, 0.4) is 0 Å². The molecule has 5 heteroatoms. The zero-order valence-corrected chi connectivity index (χ0v) is 11.2. The molecule has 0 aromatic heterocycles. The topological polar surface area (TPSA) is 18.5 Å². The fourth-order valence-electron chi connectivity index (χ4n) is 1.24. The predicted molar refractivity (Wildman–Crippen MR) is 68.0 cm³/mol. The minimum Gasteiger partial charge on any atom is -0.495 e. The van der Waals surface area contributed by atoms with Crippen LogP contribution in [0.4, 0.5) is 0 Å². The molecule has 0 saturated carbocycles. The zero-order chi connectivity index (χ0) is 12.1. The number of hydrogen-bond donors (Lipinski definition) is 0. The molecule has 0 bridgehead atoms. The highest BCUT2D eigenvalue weighted by atomic mass is 35.5. The first-order valence-corrected chi connectivity index (χ1v) is 5.66. The summed E-state index contributed by atoms with van der Waals surface area (Å²) in [5, 5.41) is 0.512. The first-order chi connectivity index (χ1) is 7.54. The Bertz CT molecular complexity index is 375. The molecule has 0 fully saturated rings. The second-order valence-corrected chi connectivity index (χ2v) is 4.48. The molecule has 2 nitrogen and oxygen atoms in total. The van der Waals surface area contributed by atoms with Crippen molar-refractivity contribution in [3.8, 4) is 11.5 Å². The van der Waals surface area contributed by atoms with Crippen molar-refractivity contribution in [1.29, 1.82) is 0 Å². The van der Waals surface area contributed by atoms with Crippen LogP contribution in [0, 0.1) is 6.92 Å². The lowest BCUT2D eigenvalue weighted by Gasteiger charge is -2.10. The number of ether oxygens (including phenoxy) is 2. The van der Waals surface area contributed by atoms with E-state index in [2.05, 4.69) is 0 Å². The van der Waals surface area contributed by atoms with Crippen molar-refractivity contribution in [3.05, 3.63) is 33.3 Å². The van der Waals surface area contributed by atoms with E-state index in [-0.39, 0.29) is 4.49 Å². The van der Waals surface area contributed by atoms with Crippen LogP contribution in [0.5, 0.6) is 11.5 Å². The molecule has 0 aliphatic rings. The van der Waals surface area contributed by atoms with Gasteiger partial charge in [0.2, 0.25) is 0 Å². The van der Waals surface area contributed by atoms with Gasteiger partial charge in [0, 0.05) is 6.07 Å². The lowest BCUT2D eigenvalue weighted by Crippen LogP contribution is -1.95. The fourth-order valence-corrected chi connectivity index (χ4v) is 1.70. The summed E-state index contributed by atoms with van der Waals surface area (Å²) < 4.78 is 10.7. The standard InChI is InChI=1S/C11H11Cl3O2/c1-7-5-8(16-4-3-10(13)14)6-9(12)11(7)15-2/h3,5-6H,4H2,1-2H3. The molecule has 1 aromatic rings. The van der Waals surface area contributed by atoms with E-state index < -0.39 is 0 Å². The van der Waals surface area contributed by atoms with Gasteiger partial charge < -0.3 is 9.47 Å². The summed E-state index contributed by atoms with van der Waals surface area (Å²) in [6.07, 6.45) is 1.55. The number of methoxy groups -OCH3 is 1. The highest BCUT2D eigenvalue weighted by Crippen LogP contribution is 2.32. The van der Waals surface area contributed by atoms with Gasteiger partial charge in [-0.25, -0.2) is 0 Å². The van der Waals surface area contributed by atoms with E-state index in [4.69, 9.17) is 44.3 Å². The van der Waals surface area contributed by atoms with Crippen molar-refractivity contribution in [2.75, 3.05) is 13.7 Å². The predicted octanol–water partition coefficient (Wildman–Crippen LogP) is 4.35. The highest BCUT2D eigenvalue weighted by Gasteiger charge is 2.07. The molecule has 16 heavy (non-hydrogen) atoms. The fraction of sp³-hybridized carbons (Fsp3) is 0.273. The first-order valence-electron chi connectivity index (χ1n) is 4.52. The van der Waals surface area contributed by atoms with Crippen molar-refractivity contribution in [2.45, 2.75) is 6.92 Å². The Kier molecular flexibility index (Phi) is 5.26. The van der Waals surface area contributed by atoms with Crippen LogP contribution in [0.1, 0.15) is 5.56 Å². The molecule has 0 N–H and O–H groups in total. The minimum atomic E-state index is 0.177. The molecular formula is C11H11Cl3O2. The van der Waals surface area contributed by atoms with E-state index in [1.165, 1.54) is 0 Å². The van der Waals surface area contributed by atoms with Crippen LogP contribution in [-0.2, 0) is 0 Å². The van der Waals surface area contributed by atoms with Gasteiger partial charge in [-0.3, -0.25) is 0 Å². The molecule has 1 rings (SSSR count). The summed E-state index contributed by atoms with van der Waals surface area (Å²) in [5.74, 6) is 1.30. The monoisotopic (exact) mass is 280 g/mol. The van der Waals surface area contributed by atoms with E-state index in [9.17, 15) is 0 Å². The molecule has 1 aromatic carbocycles. The van der Waals surface area contributed by atoms with E-state index in [1.54, 1.807) is 19.3 Å². The average molecular weight is 282 g/mol. The lowest BCUT2D eigenvalue weighted by atomic mass is 10.2. The molecule has 0 aliphatic carbocycles. The molecule has 0 heterocycles. The number of aryl methyl sites for hydroxylation is 1. The third kappa shape index (κ3) is 3.78. The SMILES string of the molecule is COc1c(C)cc(OCC=C(Cl)Cl)cc1Cl. The summed E-state index contributed by atoms with van der Waals surface area (Å²) in [5.41, 5.74) is 0.908. The maximum atomic E-state index is 6.00. The van der Waals surface area contributed by atoms with Crippen LogP contribution < -0.4 is 9.47 Å². The largest absolute Gasteiger partial charge is 0.495 e. The van der Waals surface area contributed by atoms with E-state index in [0.717, 1.165) is 5.56 Å². The Labute approximate surface area is 110 Å². The van der Waals surface area contributed by atoms with E-state index in [1.807, 2.05) is 13.0 Å². The van der Waals surface area contributed by atoms with E-state index in [0.29, 0.717) is 23.1 Å². The van der Waals surface area contributed by atoms with Crippen molar-refractivity contribution < 1.29 is 9.47 Å². The average Bonchev–Trinajstić information content (AvgIpc) is 2.16. The third-order valence-electron chi connectivity index (χ3n) is 1.89. The van der Waals surface area contributed by atoms with Gasteiger partial charge in [0.1, 0.15) is 22.6 Å². The van der Waals surface area contributed by atoms with Gasteiger partial charge in [0.05, 0.1) is 12.1 Å². The lowest BCUT2D eigenvalue weighted by molar-refractivity contribution is 0.360. The molecule has 0 saturated heterocycles. The highest BCUT2D eigenvalue weighted by molar-refractivity contribution is 6.55. The zero-order valence-electron chi connectivity index (χ0n) is 8.89. The first kappa shape index (κ1) is 13.5. The molecular weight excluding hydrogens is 270 g/mol. The maximum absolute atomic E-state index is 6.00. The van der Waals surface area contributed by atoms with Gasteiger partial charge in [0.15, 0.2) is 0 Å². The molecule has 88 valence electrons. The summed E-state index contributed by atoms with van der Waals surface area (Å²) in [6.45, 7) is 2.19. The van der Waals surface area contributed by atoms with Crippen molar-refractivity contribution >= 4 is 34.8 Å². The molecule has 0 spiro atoms. The van der Waals surface area contributed by atoms with Gasteiger partial charge in [0.25, 0.3) is 0 Å². The Morgan fingerprint density at radius 2 is 2.06 bits per heavy atom. The van der Waals surface area contributed by atoms with E-state index >= 15 is 0 Å². The molecule has 0 radical (unpaired) electrons. The van der Waals surface area contributed by atoms with Gasteiger partial charge in [-0.1, -0.05) is 34.8 Å². The second kappa shape index (κ2) is 6.24. The van der Waals surface area contributed by atoms with Gasteiger partial charge in [-0.05, 0) is 24.6 Å². The summed E-state index contributed by atoms with van der Waals surface area (Å²) in [7, 11) is 1.57. The van der Waals surface area contributed by atoms with Gasteiger partial charge in [-0.2, -0.15) is 0 Å². The Morgan fingerprint density at radius 3 is 2.56 bits per heavy atom. The third-order valence-corrected chi connectivity index (χ3v) is 2.48. The Balaban J connectivity index is 2.80. The summed E-state index contributed by atoms with van der Waals surface area (Å²) >= 11 is 16.9. The quantitative estimate of drug-likeness (QED) is 0.816. The van der Waals surface area contributed by atoms with Crippen LogP contribution in [0.25, 0.3) is 0 Å². The number of halogens is 3.